The van der Waals surface area contributed by atoms with Gasteiger partial charge in [0.2, 0.25) is 0 Å². The van der Waals surface area contributed by atoms with Crippen LogP contribution in [0.5, 0.6) is 0 Å². The molecule has 0 spiro atoms. The number of hydrogen-bond acceptors (Lipinski definition) is 4. The number of carbonyl (C=O) groups is 1. The van der Waals surface area contributed by atoms with Crippen molar-refractivity contribution in [1.82, 2.24) is 4.90 Å². The third-order valence-electron chi connectivity index (χ3n) is 4.35. The van der Waals surface area contributed by atoms with E-state index < -0.39 is 11.2 Å². The van der Waals surface area contributed by atoms with Gasteiger partial charge in [-0.25, -0.2) is 4.79 Å². The molecule has 0 aromatic heterocycles. The average Bonchev–Trinajstić information content (AvgIpc) is 2.47. The molecule has 1 aliphatic heterocycles. The maximum absolute atomic E-state index is 12.1. The summed E-state index contributed by atoms with van der Waals surface area (Å²) in [4.78, 5) is 13.8. The second-order valence-electron chi connectivity index (χ2n) is 7.86. The number of nitrogens with zero attached hydrogens (tertiary/aromatic N) is 1. The van der Waals surface area contributed by atoms with E-state index in [1.807, 2.05) is 20.8 Å². The Kier molecular flexibility index (Phi) is 5.43. The number of likely N-dealkylation sites (tertiary alicyclic amines) is 1. The molecule has 0 atom stereocenters. The first-order valence-corrected chi connectivity index (χ1v) is 8.59. The molecule has 0 radical (unpaired) electrons. The van der Waals surface area contributed by atoms with Crippen LogP contribution in [-0.2, 0) is 4.74 Å². The Morgan fingerprint density at radius 3 is 2.50 bits per heavy atom. The van der Waals surface area contributed by atoms with Crippen LogP contribution in [0.25, 0.3) is 0 Å². The second-order valence-corrected chi connectivity index (χ2v) is 7.86. The SMILES string of the molecule is Cc1ccc(C)c(NCC2(O)CCN(C(=O)OC(C)(C)C)CC2)c1. The number of aliphatic hydroxyl groups is 1. The molecular formula is C19H30N2O3. The summed E-state index contributed by atoms with van der Waals surface area (Å²) in [6, 6.07) is 6.25. The van der Waals surface area contributed by atoms with Crippen molar-refractivity contribution in [3.63, 3.8) is 0 Å². The van der Waals surface area contributed by atoms with Gasteiger partial charge < -0.3 is 20.1 Å². The van der Waals surface area contributed by atoms with Gasteiger partial charge in [0, 0.05) is 25.3 Å². The number of hydrogen-bond donors (Lipinski definition) is 2. The Balaban J connectivity index is 1.88. The van der Waals surface area contributed by atoms with E-state index in [-0.39, 0.29) is 6.09 Å². The second kappa shape index (κ2) is 7.01. The van der Waals surface area contributed by atoms with E-state index in [1.54, 1.807) is 4.90 Å². The third-order valence-corrected chi connectivity index (χ3v) is 4.35. The van der Waals surface area contributed by atoms with Gasteiger partial charge in [0.1, 0.15) is 5.60 Å². The molecule has 1 aromatic rings. The highest BCUT2D eigenvalue weighted by Gasteiger charge is 2.35. The molecule has 2 N–H and O–H groups in total. The standard InChI is InChI=1S/C19H30N2O3/c1-14-6-7-15(2)16(12-14)20-13-19(23)8-10-21(11-9-19)17(22)24-18(3,4)5/h6-7,12,20,23H,8-11,13H2,1-5H3. The topological polar surface area (TPSA) is 61.8 Å². The van der Waals surface area contributed by atoms with E-state index >= 15 is 0 Å². The van der Waals surface area contributed by atoms with Crippen LogP contribution in [0.4, 0.5) is 10.5 Å². The molecule has 5 heteroatoms. The summed E-state index contributed by atoms with van der Waals surface area (Å²) in [5, 5.41) is 14.1. The van der Waals surface area contributed by atoms with Crippen molar-refractivity contribution >= 4 is 11.8 Å². The quantitative estimate of drug-likeness (QED) is 0.888. The molecule has 5 nitrogen and oxygen atoms in total. The lowest BCUT2D eigenvalue weighted by Gasteiger charge is -2.38. The lowest BCUT2D eigenvalue weighted by Crippen LogP contribution is -2.50. The maximum Gasteiger partial charge on any atom is 0.410 e. The lowest BCUT2D eigenvalue weighted by molar-refractivity contribution is -0.0244. The highest BCUT2D eigenvalue weighted by molar-refractivity contribution is 5.68. The van der Waals surface area contributed by atoms with E-state index in [0.29, 0.717) is 32.5 Å². The Bertz CT molecular complexity index is 585. The number of nitrogens with one attached hydrogen (secondary N) is 1. The fraction of sp³-hybridized carbons (Fsp3) is 0.632. The largest absolute Gasteiger partial charge is 0.444 e. The zero-order chi connectivity index (χ0) is 18.0. The molecule has 1 heterocycles. The lowest BCUT2D eigenvalue weighted by atomic mass is 9.91. The number of anilines is 1. The summed E-state index contributed by atoms with van der Waals surface area (Å²) >= 11 is 0. The van der Waals surface area contributed by atoms with Gasteiger partial charge in [-0.3, -0.25) is 0 Å². The van der Waals surface area contributed by atoms with Gasteiger partial charge in [-0.05, 0) is 64.7 Å². The van der Waals surface area contributed by atoms with Gasteiger partial charge in [0.15, 0.2) is 0 Å². The molecule has 2 rings (SSSR count). The molecule has 0 saturated carbocycles. The first kappa shape index (κ1) is 18.6. The van der Waals surface area contributed by atoms with Crippen molar-refractivity contribution in [3.05, 3.63) is 29.3 Å². The Hall–Kier alpha value is -1.75. The van der Waals surface area contributed by atoms with Gasteiger partial charge in [0.25, 0.3) is 0 Å². The Labute approximate surface area is 145 Å². The predicted molar refractivity (Wildman–Crippen MR) is 96.4 cm³/mol. The summed E-state index contributed by atoms with van der Waals surface area (Å²) < 4.78 is 5.39. The highest BCUT2D eigenvalue weighted by Crippen LogP contribution is 2.25. The Morgan fingerprint density at radius 1 is 1.29 bits per heavy atom. The van der Waals surface area contributed by atoms with Crippen molar-refractivity contribution < 1.29 is 14.6 Å². The minimum Gasteiger partial charge on any atom is -0.444 e. The molecule has 1 fully saturated rings. The minimum atomic E-state index is -0.797. The number of aryl methyl sites for hydroxylation is 2. The summed E-state index contributed by atoms with van der Waals surface area (Å²) in [5.41, 5.74) is 2.12. The summed E-state index contributed by atoms with van der Waals surface area (Å²) in [6.45, 7) is 11.2. The normalized spacial score (nSPS) is 17.5. The summed E-state index contributed by atoms with van der Waals surface area (Å²) in [7, 11) is 0. The molecule has 1 amide bonds. The predicted octanol–water partition coefficient (Wildman–Crippen LogP) is 3.48. The fourth-order valence-corrected chi connectivity index (χ4v) is 2.79. The number of rotatable bonds is 3. The zero-order valence-electron chi connectivity index (χ0n) is 15.5. The van der Waals surface area contributed by atoms with Crippen LogP contribution < -0.4 is 5.32 Å². The number of carbonyl (C=O) groups excluding carboxylic acids is 1. The van der Waals surface area contributed by atoms with Crippen LogP contribution in [-0.4, -0.2) is 46.9 Å². The molecule has 0 unspecified atom stereocenters. The molecule has 1 aliphatic rings. The monoisotopic (exact) mass is 334 g/mol. The van der Waals surface area contributed by atoms with Crippen LogP contribution in [0.15, 0.2) is 18.2 Å². The van der Waals surface area contributed by atoms with Crippen LogP contribution >= 0.6 is 0 Å². The van der Waals surface area contributed by atoms with Gasteiger partial charge >= 0.3 is 6.09 Å². The van der Waals surface area contributed by atoms with E-state index in [0.717, 1.165) is 11.3 Å². The minimum absolute atomic E-state index is 0.299. The molecule has 24 heavy (non-hydrogen) atoms. The van der Waals surface area contributed by atoms with Crippen molar-refractivity contribution in [2.24, 2.45) is 0 Å². The zero-order valence-corrected chi connectivity index (χ0v) is 15.5. The summed E-state index contributed by atoms with van der Waals surface area (Å²) in [6.07, 6.45) is 0.792. The smallest absolute Gasteiger partial charge is 0.410 e. The summed E-state index contributed by atoms with van der Waals surface area (Å²) in [5.74, 6) is 0. The molecule has 1 saturated heterocycles. The van der Waals surface area contributed by atoms with Crippen LogP contribution in [0.3, 0.4) is 0 Å². The van der Waals surface area contributed by atoms with E-state index in [4.69, 9.17) is 4.74 Å². The van der Waals surface area contributed by atoms with Crippen molar-refractivity contribution in [3.8, 4) is 0 Å². The molecule has 0 bridgehead atoms. The number of ether oxygens (including phenoxy) is 1. The van der Waals surface area contributed by atoms with Crippen molar-refractivity contribution in [2.75, 3.05) is 25.0 Å². The first-order chi connectivity index (χ1) is 11.1. The average molecular weight is 334 g/mol. The van der Waals surface area contributed by atoms with E-state index in [9.17, 15) is 9.90 Å². The first-order valence-electron chi connectivity index (χ1n) is 8.59. The van der Waals surface area contributed by atoms with Crippen molar-refractivity contribution in [1.29, 1.82) is 0 Å². The van der Waals surface area contributed by atoms with Crippen molar-refractivity contribution in [2.45, 2.75) is 58.7 Å². The maximum atomic E-state index is 12.1. The van der Waals surface area contributed by atoms with Crippen LogP contribution in [0, 0.1) is 13.8 Å². The van der Waals surface area contributed by atoms with Crippen LogP contribution in [0.2, 0.25) is 0 Å². The van der Waals surface area contributed by atoms with Gasteiger partial charge in [-0.1, -0.05) is 12.1 Å². The number of piperidine rings is 1. The van der Waals surface area contributed by atoms with Gasteiger partial charge in [-0.15, -0.1) is 0 Å². The van der Waals surface area contributed by atoms with Gasteiger partial charge in [-0.2, -0.15) is 0 Å². The third kappa shape index (κ3) is 5.13. The van der Waals surface area contributed by atoms with Gasteiger partial charge in [0.05, 0.1) is 5.60 Å². The fourth-order valence-electron chi connectivity index (χ4n) is 2.79. The molecule has 1 aromatic carbocycles. The van der Waals surface area contributed by atoms with E-state index in [2.05, 4.69) is 37.4 Å². The molecule has 134 valence electrons. The molecular weight excluding hydrogens is 304 g/mol. The number of amides is 1. The van der Waals surface area contributed by atoms with Crippen LogP contribution in [0.1, 0.15) is 44.7 Å². The van der Waals surface area contributed by atoms with E-state index in [1.165, 1.54) is 5.56 Å². The molecule has 0 aliphatic carbocycles. The Morgan fingerprint density at radius 2 is 1.92 bits per heavy atom. The number of benzene rings is 1. The highest BCUT2D eigenvalue weighted by atomic mass is 16.6.